The molecule has 0 bridgehead atoms. The van der Waals surface area contributed by atoms with Crippen molar-refractivity contribution in [2.45, 2.75) is 26.2 Å². The average Bonchev–Trinajstić information content (AvgIpc) is 2.98. The van der Waals surface area contributed by atoms with E-state index in [2.05, 4.69) is 12.2 Å². The Morgan fingerprint density at radius 3 is 2.96 bits per heavy atom. The molecule has 0 spiro atoms. The van der Waals surface area contributed by atoms with Crippen molar-refractivity contribution in [3.05, 3.63) is 50.4 Å². The second-order valence-electron chi connectivity index (χ2n) is 6.16. The van der Waals surface area contributed by atoms with Crippen molar-refractivity contribution in [1.29, 1.82) is 0 Å². The SMILES string of the molecule is C[C@@H]1CCc2sc(C(=O)OCC(=O)Nc3ccc(F)cc3Cl)cc2C1. The number of carbonyl (C=O) groups excluding carboxylic acids is 2. The maximum atomic E-state index is 13.0. The molecule has 0 aliphatic heterocycles. The second kappa shape index (κ2) is 7.54. The summed E-state index contributed by atoms with van der Waals surface area (Å²) >= 11 is 7.28. The molecule has 0 radical (unpaired) electrons. The van der Waals surface area contributed by atoms with Gasteiger partial charge in [-0.2, -0.15) is 0 Å². The van der Waals surface area contributed by atoms with E-state index in [0.717, 1.165) is 25.3 Å². The van der Waals surface area contributed by atoms with Crippen LogP contribution < -0.4 is 5.32 Å². The standard InChI is InChI=1S/C18H17ClFNO3S/c1-10-2-5-15-11(6-10)7-16(25-15)18(23)24-9-17(22)21-14-4-3-12(20)8-13(14)19/h3-4,7-8,10H,2,5-6,9H2,1H3,(H,21,22)/t10-/m1/s1. The van der Waals surface area contributed by atoms with Crippen LogP contribution in [-0.2, 0) is 22.4 Å². The number of anilines is 1. The van der Waals surface area contributed by atoms with E-state index < -0.39 is 24.3 Å². The Bertz CT molecular complexity index is 821. The van der Waals surface area contributed by atoms with Gasteiger partial charge in [-0.25, -0.2) is 9.18 Å². The third kappa shape index (κ3) is 4.38. The minimum Gasteiger partial charge on any atom is -0.451 e. The predicted octanol–water partition coefficient (Wildman–Crippen LogP) is 4.46. The highest BCUT2D eigenvalue weighted by Gasteiger charge is 2.21. The van der Waals surface area contributed by atoms with Crippen molar-refractivity contribution < 1.29 is 18.7 Å². The summed E-state index contributed by atoms with van der Waals surface area (Å²) in [6.45, 7) is 1.77. The van der Waals surface area contributed by atoms with Gasteiger partial charge in [0, 0.05) is 4.88 Å². The number of hydrogen-bond acceptors (Lipinski definition) is 4. The number of ether oxygens (including phenoxy) is 1. The van der Waals surface area contributed by atoms with Crippen molar-refractivity contribution in [3.8, 4) is 0 Å². The van der Waals surface area contributed by atoms with Gasteiger partial charge in [0.15, 0.2) is 6.61 Å². The number of halogens is 2. The Labute approximate surface area is 153 Å². The van der Waals surface area contributed by atoms with Crippen LogP contribution in [0, 0.1) is 11.7 Å². The van der Waals surface area contributed by atoms with Crippen molar-refractivity contribution in [3.63, 3.8) is 0 Å². The first-order valence-corrected chi connectivity index (χ1v) is 9.15. The van der Waals surface area contributed by atoms with Crippen LogP contribution in [0.15, 0.2) is 24.3 Å². The highest BCUT2D eigenvalue weighted by Crippen LogP contribution is 2.32. The van der Waals surface area contributed by atoms with E-state index in [4.69, 9.17) is 16.3 Å². The molecule has 0 saturated carbocycles. The largest absolute Gasteiger partial charge is 0.451 e. The number of fused-ring (bicyclic) bond motifs is 1. The highest BCUT2D eigenvalue weighted by atomic mass is 35.5. The summed E-state index contributed by atoms with van der Waals surface area (Å²) in [5.41, 5.74) is 1.47. The molecule has 1 atom stereocenters. The van der Waals surface area contributed by atoms with E-state index in [1.807, 2.05) is 6.07 Å². The second-order valence-corrected chi connectivity index (χ2v) is 7.70. The minimum absolute atomic E-state index is 0.0831. The van der Waals surface area contributed by atoms with Crippen molar-refractivity contribution in [2.24, 2.45) is 5.92 Å². The molecule has 4 nitrogen and oxygen atoms in total. The molecule has 1 aromatic carbocycles. The Morgan fingerprint density at radius 1 is 1.40 bits per heavy atom. The van der Waals surface area contributed by atoms with E-state index in [1.54, 1.807) is 0 Å². The number of nitrogens with one attached hydrogen (secondary N) is 1. The fraction of sp³-hybridized carbons (Fsp3) is 0.333. The van der Waals surface area contributed by atoms with E-state index >= 15 is 0 Å². The predicted molar refractivity (Wildman–Crippen MR) is 95.8 cm³/mol. The van der Waals surface area contributed by atoms with Crippen molar-refractivity contribution in [2.75, 3.05) is 11.9 Å². The fourth-order valence-electron chi connectivity index (χ4n) is 2.79. The zero-order valence-corrected chi connectivity index (χ0v) is 15.2. The molecule has 7 heteroatoms. The number of esters is 1. The van der Waals surface area contributed by atoms with Crippen LogP contribution in [0.3, 0.4) is 0 Å². The average molecular weight is 382 g/mol. The highest BCUT2D eigenvalue weighted by molar-refractivity contribution is 7.14. The van der Waals surface area contributed by atoms with Gasteiger partial charge in [0.25, 0.3) is 5.91 Å². The molecule has 3 rings (SSSR count). The van der Waals surface area contributed by atoms with Crippen LogP contribution in [0.5, 0.6) is 0 Å². The van der Waals surface area contributed by atoms with Gasteiger partial charge in [0.05, 0.1) is 10.7 Å². The molecular weight excluding hydrogens is 365 g/mol. The Hall–Kier alpha value is -1.92. The fourth-order valence-corrected chi connectivity index (χ4v) is 4.10. The first-order chi connectivity index (χ1) is 11.9. The summed E-state index contributed by atoms with van der Waals surface area (Å²) in [6.07, 6.45) is 3.09. The summed E-state index contributed by atoms with van der Waals surface area (Å²) in [7, 11) is 0. The maximum absolute atomic E-state index is 13.0. The van der Waals surface area contributed by atoms with Crippen LogP contribution >= 0.6 is 22.9 Å². The number of hydrogen-bond donors (Lipinski definition) is 1. The maximum Gasteiger partial charge on any atom is 0.348 e. The van der Waals surface area contributed by atoms with Gasteiger partial charge in [-0.05, 0) is 55.0 Å². The van der Waals surface area contributed by atoms with Gasteiger partial charge in [0.1, 0.15) is 10.7 Å². The number of thiophene rings is 1. The van der Waals surface area contributed by atoms with E-state index in [9.17, 15) is 14.0 Å². The number of benzene rings is 1. The minimum atomic E-state index is -0.531. The van der Waals surface area contributed by atoms with Crippen LogP contribution in [0.25, 0.3) is 0 Å². The van der Waals surface area contributed by atoms with Gasteiger partial charge in [-0.3, -0.25) is 4.79 Å². The van der Waals surface area contributed by atoms with Gasteiger partial charge in [-0.1, -0.05) is 18.5 Å². The lowest BCUT2D eigenvalue weighted by Crippen LogP contribution is -2.20. The summed E-state index contributed by atoms with van der Waals surface area (Å²) in [5, 5.41) is 2.57. The zero-order chi connectivity index (χ0) is 18.0. The molecule has 0 saturated heterocycles. The van der Waals surface area contributed by atoms with E-state index in [0.29, 0.717) is 10.8 Å². The number of aryl methyl sites for hydroxylation is 1. The Balaban J connectivity index is 1.56. The molecule has 132 valence electrons. The lowest BCUT2D eigenvalue weighted by atomic mass is 9.90. The van der Waals surface area contributed by atoms with Crippen molar-refractivity contribution in [1.82, 2.24) is 0 Å². The molecule has 25 heavy (non-hydrogen) atoms. The quantitative estimate of drug-likeness (QED) is 0.795. The zero-order valence-electron chi connectivity index (χ0n) is 13.6. The third-order valence-corrected chi connectivity index (χ3v) is 5.60. The first-order valence-electron chi connectivity index (χ1n) is 7.96. The van der Waals surface area contributed by atoms with Crippen LogP contribution in [0.2, 0.25) is 5.02 Å². The molecule has 2 aromatic rings. The smallest absolute Gasteiger partial charge is 0.348 e. The molecule has 1 heterocycles. The molecule has 1 aliphatic rings. The summed E-state index contributed by atoms with van der Waals surface area (Å²) < 4.78 is 18.1. The number of carbonyl (C=O) groups is 2. The van der Waals surface area contributed by atoms with E-state index in [1.165, 1.54) is 33.9 Å². The molecule has 1 aromatic heterocycles. The van der Waals surface area contributed by atoms with Crippen LogP contribution in [-0.4, -0.2) is 18.5 Å². The summed E-state index contributed by atoms with van der Waals surface area (Å²) in [6, 6.07) is 5.50. The lowest BCUT2D eigenvalue weighted by molar-refractivity contribution is -0.119. The summed E-state index contributed by atoms with van der Waals surface area (Å²) in [4.78, 5) is 25.8. The topological polar surface area (TPSA) is 55.4 Å². The van der Waals surface area contributed by atoms with Gasteiger partial charge < -0.3 is 10.1 Å². The van der Waals surface area contributed by atoms with Crippen LogP contribution in [0.4, 0.5) is 10.1 Å². The monoisotopic (exact) mass is 381 g/mol. The molecule has 1 amide bonds. The molecule has 1 aliphatic carbocycles. The molecule has 1 N–H and O–H groups in total. The van der Waals surface area contributed by atoms with E-state index in [-0.39, 0.29) is 10.7 Å². The number of amides is 1. The van der Waals surface area contributed by atoms with Crippen LogP contribution in [0.1, 0.15) is 33.5 Å². The van der Waals surface area contributed by atoms with Gasteiger partial charge in [0.2, 0.25) is 0 Å². The lowest BCUT2D eigenvalue weighted by Gasteiger charge is -2.16. The van der Waals surface area contributed by atoms with Gasteiger partial charge >= 0.3 is 5.97 Å². The number of rotatable bonds is 4. The third-order valence-electron chi connectivity index (χ3n) is 4.07. The Kier molecular flexibility index (Phi) is 5.39. The van der Waals surface area contributed by atoms with Gasteiger partial charge in [-0.15, -0.1) is 11.3 Å². The Morgan fingerprint density at radius 2 is 2.20 bits per heavy atom. The molecule has 0 unspecified atom stereocenters. The summed E-state index contributed by atoms with van der Waals surface area (Å²) in [5.74, 6) is -0.910. The molecular formula is C18H17ClFNO3S. The molecule has 0 fully saturated rings. The first kappa shape index (κ1) is 17.9. The van der Waals surface area contributed by atoms with Crippen molar-refractivity contribution >= 4 is 40.5 Å². The normalized spacial score (nSPS) is 16.2.